The summed E-state index contributed by atoms with van der Waals surface area (Å²) in [5, 5.41) is 9.90. The number of rotatable bonds is 8. The number of carbonyl (C=O) groups is 1. The van der Waals surface area contributed by atoms with E-state index in [0.29, 0.717) is 17.5 Å². The first-order chi connectivity index (χ1) is 16.2. The van der Waals surface area contributed by atoms with Crippen LogP contribution >= 0.6 is 0 Å². The van der Waals surface area contributed by atoms with Crippen LogP contribution in [0.15, 0.2) is 47.4 Å². The molecule has 2 saturated heterocycles. The second kappa shape index (κ2) is 10.4. The predicted octanol–water partition coefficient (Wildman–Crippen LogP) is 4.62. The molecule has 184 valence electrons. The van der Waals surface area contributed by atoms with Crippen molar-refractivity contribution in [3.63, 3.8) is 0 Å². The van der Waals surface area contributed by atoms with Crippen molar-refractivity contribution in [2.75, 3.05) is 42.3 Å². The van der Waals surface area contributed by atoms with E-state index in [2.05, 4.69) is 14.5 Å². The zero-order chi connectivity index (χ0) is 24.3. The summed E-state index contributed by atoms with van der Waals surface area (Å²) in [6.45, 7) is 9.11. The fourth-order valence-corrected chi connectivity index (χ4v) is 6.11. The van der Waals surface area contributed by atoms with E-state index in [4.69, 9.17) is 0 Å². The average molecular weight is 486 g/mol. The number of benzene rings is 2. The normalized spacial score (nSPS) is 19.5. The number of carboxylic acid groups (broad SMARTS) is 1. The number of sulfonamides is 1. The van der Waals surface area contributed by atoms with Gasteiger partial charge in [-0.05, 0) is 86.5 Å². The number of nitrogens with one attached hydrogen (secondary N) is 1. The van der Waals surface area contributed by atoms with Crippen LogP contribution in [0.5, 0.6) is 0 Å². The summed E-state index contributed by atoms with van der Waals surface area (Å²) < 4.78 is 28.3. The molecule has 2 heterocycles. The van der Waals surface area contributed by atoms with Crippen molar-refractivity contribution in [2.24, 2.45) is 5.92 Å². The fraction of sp³-hybridized carbons (Fsp3) is 0.500. The SMILES string of the molecule is CC(C)c1ccc(S(=O)(=O)Nc2ccc(N3CCC[C@@H](CN4CCCC4)C3)c(C(=O)O)c2)cc1. The lowest BCUT2D eigenvalue weighted by Crippen LogP contribution is -2.41. The van der Waals surface area contributed by atoms with Gasteiger partial charge in [-0.15, -0.1) is 0 Å². The Morgan fingerprint density at radius 2 is 1.76 bits per heavy atom. The minimum absolute atomic E-state index is 0.122. The Hall–Kier alpha value is -2.58. The van der Waals surface area contributed by atoms with Crippen molar-refractivity contribution in [3.8, 4) is 0 Å². The van der Waals surface area contributed by atoms with Crippen molar-refractivity contribution in [1.82, 2.24) is 4.90 Å². The van der Waals surface area contributed by atoms with Gasteiger partial charge in [0.05, 0.1) is 16.1 Å². The Bertz CT molecular complexity index is 1110. The Morgan fingerprint density at radius 1 is 1.06 bits per heavy atom. The molecule has 0 unspecified atom stereocenters. The topological polar surface area (TPSA) is 90.0 Å². The van der Waals surface area contributed by atoms with Gasteiger partial charge in [-0.25, -0.2) is 13.2 Å². The number of hydrogen-bond donors (Lipinski definition) is 2. The van der Waals surface area contributed by atoms with Crippen LogP contribution in [0.2, 0.25) is 0 Å². The molecule has 34 heavy (non-hydrogen) atoms. The lowest BCUT2D eigenvalue weighted by atomic mass is 9.96. The molecule has 2 aliphatic heterocycles. The molecule has 2 N–H and O–H groups in total. The van der Waals surface area contributed by atoms with E-state index in [9.17, 15) is 18.3 Å². The quantitative estimate of drug-likeness (QED) is 0.567. The van der Waals surface area contributed by atoms with Gasteiger partial charge >= 0.3 is 5.97 Å². The first-order valence-electron chi connectivity index (χ1n) is 12.2. The molecular formula is C26H35N3O4S. The van der Waals surface area contributed by atoms with E-state index in [0.717, 1.165) is 51.1 Å². The monoisotopic (exact) mass is 485 g/mol. The molecule has 7 nitrogen and oxygen atoms in total. The van der Waals surface area contributed by atoms with Gasteiger partial charge in [-0.2, -0.15) is 0 Å². The van der Waals surface area contributed by atoms with E-state index >= 15 is 0 Å². The first kappa shape index (κ1) is 24.5. The van der Waals surface area contributed by atoms with E-state index < -0.39 is 16.0 Å². The molecule has 2 aromatic carbocycles. The molecular weight excluding hydrogens is 450 g/mol. The summed E-state index contributed by atoms with van der Waals surface area (Å²) in [6, 6.07) is 11.6. The van der Waals surface area contributed by atoms with Crippen molar-refractivity contribution in [1.29, 1.82) is 0 Å². The van der Waals surface area contributed by atoms with Gasteiger partial charge in [0.15, 0.2) is 0 Å². The molecule has 2 aliphatic rings. The third-order valence-corrected chi connectivity index (χ3v) is 8.31. The van der Waals surface area contributed by atoms with Gasteiger partial charge in [0.2, 0.25) is 0 Å². The molecule has 0 amide bonds. The van der Waals surface area contributed by atoms with Crippen molar-refractivity contribution < 1.29 is 18.3 Å². The Kier molecular flexibility index (Phi) is 7.48. The van der Waals surface area contributed by atoms with Gasteiger partial charge in [0.25, 0.3) is 10.0 Å². The highest BCUT2D eigenvalue weighted by atomic mass is 32.2. The van der Waals surface area contributed by atoms with Crippen LogP contribution < -0.4 is 9.62 Å². The van der Waals surface area contributed by atoms with Crippen LogP contribution in [0.3, 0.4) is 0 Å². The summed E-state index contributed by atoms with van der Waals surface area (Å²) >= 11 is 0. The minimum atomic E-state index is -3.82. The molecule has 1 atom stereocenters. The molecule has 8 heteroatoms. The number of hydrogen-bond acceptors (Lipinski definition) is 5. The van der Waals surface area contributed by atoms with Gasteiger partial charge in [0.1, 0.15) is 0 Å². The summed E-state index contributed by atoms with van der Waals surface area (Å²) in [7, 11) is -3.82. The number of piperidine rings is 1. The van der Waals surface area contributed by atoms with E-state index in [1.165, 1.54) is 18.9 Å². The largest absolute Gasteiger partial charge is 0.478 e. The molecule has 0 saturated carbocycles. The lowest BCUT2D eigenvalue weighted by molar-refractivity contribution is 0.0697. The smallest absolute Gasteiger partial charge is 0.337 e. The molecule has 0 aliphatic carbocycles. The number of aromatic carboxylic acids is 1. The van der Waals surface area contributed by atoms with E-state index in [1.54, 1.807) is 36.4 Å². The molecule has 4 rings (SSSR count). The standard InChI is InChI=1S/C26H35N3O4S/c1-19(2)21-7-10-23(11-8-21)34(32,33)27-22-9-12-25(24(16-22)26(30)31)29-15-5-6-20(18-29)17-28-13-3-4-14-28/h7-12,16,19-20,27H,3-6,13-15,17-18H2,1-2H3,(H,30,31)/t20-/m0/s1. The third-order valence-electron chi connectivity index (χ3n) is 6.91. The lowest BCUT2D eigenvalue weighted by Gasteiger charge is -2.36. The highest BCUT2D eigenvalue weighted by Crippen LogP contribution is 2.30. The highest BCUT2D eigenvalue weighted by Gasteiger charge is 2.26. The van der Waals surface area contributed by atoms with Crippen LogP contribution in [0.4, 0.5) is 11.4 Å². The van der Waals surface area contributed by atoms with Crippen LogP contribution in [0, 0.1) is 5.92 Å². The van der Waals surface area contributed by atoms with Gasteiger partial charge < -0.3 is 14.9 Å². The molecule has 0 aromatic heterocycles. The first-order valence-corrected chi connectivity index (χ1v) is 13.7. The zero-order valence-corrected chi connectivity index (χ0v) is 20.9. The number of anilines is 2. The Labute approximate surface area is 202 Å². The Balaban J connectivity index is 1.51. The maximum atomic E-state index is 12.9. The number of likely N-dealkylation sites (tertiary alicyclic amines) is 1. The van der Waals surface area contributed by atoms with E-state index in [-0.39, 0.29) is 16.1 Å². The predicted molar refractivity (Wildman–Crippen MR) is 135 cm³/mol. The van der Waals surface area contributed by atoms with Crippen molar-refractivity contribution in [2.45, 2.75) is 50.3 Å². The molecule has 0 bridgehead atoms. The van der Waals surface area contributed by atoms with Crippen LogP contribution in [-0.2, 0) is 10.0 Å². The van der Waals surface area contributed by atoms with Gasteiger partial charge in [-0.1, -0.05) is 26.0 Å². The minimum Gasteiger partial charge on any atom is -0.478 e. The third kappa shape index (κ3) is 5.73. The summed E-state index contributed by atoms with van der Waals surface area (Å²) in [5.41, 5.74) is 2.08. The molecule has 0 spiro atoms. The van der Waals surface area contributed by atoms with Gasteiger partial charge in [-0.3, -0.25) is 4.72 Å². The average Bonchev–Trinajstić information content (AvgIpc) is 3.32. The molecule has 2 fully saturated rings. The van der Waals surface area contributed by atoms with Crippen LogP contribution in [-0.4, -0.2) is 57.1 Å². The highest BCUT2D eigenvalue weighted by molar-refractivity contribution is 7.92. The Morgan fingerprint density at radius 3 is 2.41 bits per heavy atom. The second-order valence-corrected chi connectivity index (χ2v) is 11.5. The zero-order valence-electron chi connectivity index (χ0n) is 20.0. The summed E-state index contributed by atoms with van der Waals surface area (Å²) in [4.78, 5) is 16.9. The number of carboxylic acids is 1. The maximum absolute atomic E-state index is 12.9. The maximum Gasteiger partial charge on any atom is 0.337 e. The number of nitrogens with zero attached hydrogens (tertiary/aromatic N) is 2. The summed E-state index contributed by atoms with van der Waals surface area (Å²) in [5.74, 6) is -0.236. The van der Waals surface area contributed by atoms with Crippen molar-refractivity contribution in [3.05, 3.63) is 53.6 Å². The van der Waals surface area contributed by atoms with Gasteiger partial charge in [0, 0.05) is 25.3 Å². The second-order valence-electron chi connectivity index (χ2n) is 9.83. The molecule has 2 aromatic rings. The van der Waals surface area contributed by atoms with E-state index in [1.807, 2.05) is 13.8 Å². The van der Waals surface area contributed by atoms with Crippen LogP contribution in [0.1, 0.15) is 61.4 Å². The molecule has 0 radical (unpaired) electrons. The fourth-order valence-electron chi connectivity index (χ4n) is 5.06. The van der Waals surface area contributed by atoms with Crippen molar-refractivity contribution >= 4 is 27.4 Å². The van der Waals surface area contributed by atoms with Crippen LogP contribution in [0.25, 0.3) is 0 Å². The summed E-state index contributed by atoms with van der Waals surface area (Å²) in [6.07, 6.45) is 4.71.